The van der Waals surface area contributed by atoms with Crippen LogP contribution in [0.3, 0.4) is 0 Å². The zero-order chi connectivity index (χ0) is 17.4. The third-order valence-electron chi connectivity index (χ3n) is 5.12. The van der Waals surface area contributed by atoms with Crippen LogP contribution in [0.2, 0.25) is 0 Å². The van der Waals surface area contributed by atoms with Gasteiger partial charge in [-0.25, -0.2) is 0 Å². The maximum Gasteiger partial charge on any atom is 0.191 e. The van der Waals surface area contributed by atoms with E-state index < -0.39 is 0 Å². The van der Waals surface area contributed by atoms with E-state index in [4.69, 9.17) is 9.41 Å². The minimum Gasteiger partial charge on any atom is -0.469 e. The highest BCUT2D eigenvalue weighted by molar-refractivity contribution is 14.0. The van der Waals surface area contributed by atoms with Crippen LogP contribution in [0.25, 0.3) is 0 Å². The fourth-order valence-corrected chi connectivity index (χ4v) is 3.07. The molecular formula is C19H34IN3O2. The Labute approximate surface area is 169 Å². The number of furan rings is 1. The van der Waals surface area contributed by atoms with Crippen LogP contribution in [-0.4, -0.2) is 36.3 Å². The molecule has 25 heavy (non-hydrogen) atoms. The van der Waals surface area contributed by atoms with Crippen molar-refractivity contribution >= 4 is 29.9 Å². The molecule has 2 rings (SSSR count). The number of aliphatic hydroxyl groups is 1. The summed E-state index contributed by atoms with van der Waals surface area (Å²) in [5, 5.41) is 17.2. The fraction of sp³-hybridized carbons (Fsp3) is 0.737. The Morgan fingerprint density at radius 1 is 1.48 bits per heavy atom. The van der Waals surface area contributed by atoms with E-state index in [-0.39, 0.29) is 35.5 Å². The zero-order valence-electron chi connectivity index (χ0n) is 15.8. The summed E-state index contributed by atoms with van der Waals surface area (Å²) < 4.78 is 5.37. The van der Waals surface area contributed by atoms with Crippen molar-refractivity contribution < 1.29 is 9.52 Å². The van der Waals surface area contributed by atoms with E-state index in [0.29, 0.717) is 12.6 Å². The van der Waals surface area contributed by atoms with Crippen molar-refractivity contribution in [1.29, 1.82) is 0 Å². The molecule has 3 N–H and O–H groups in total. The van der Waals surface area contributed by atoms with Gasteiger partial charge in [0.15, 0.2) is 5.96 Å². The molecule has 1 aliphatic rings. The number of hydrogen-bond acceptors (Lipinski definition) is 3. The number of hydrogen-bond donors (Lipinski definition) is 3. The standard InChI is InChI=1S/C19H33N3O2.HI/c1-4-15(2)22-18(20-12-10-16-8-7-13-24-16)21-14-19(3)11-6-5-9-17(19)23;/h7-8,13,15,17,23H,4-6,9-12,14H2,1-3H3,(H2,20,21,22);1H. The molecule has 0 bridgehead atoms. The Morgan fingerprint density at radius 2 is 2.28 bits per heavy atom. The van der Waals surface area contributed by atoms with Crippen LogP contribution < -0.4 is 10.6 Å². The number of halogens is 1. The van der Waals surface area contributed by atoms with Crippen molar-refractivity contribution in [3.8, 4) is 0 Å². The van der Waals surface area contributed by atoms with E-state index in [1.54, 1.807) is 6.26 Å². The van der Waals surface area contributed by atoms with Gasteiger partial charge in [-0.15, -0.1) is 24.0 Å². The molecule has 0 spiro atoms. The fourth-order valence-electron chi connectivity index (χ4n) is 3.07. The van der Waals surface area contributed by atoms with Gasteiger partial charge in [-0.2, -0.15) is 0 Å². The predicted octanol–water partition coefficient (Wildman–Crippen LogP) is 3.72. The van der Waals surface area contributed by atoms with E-state index in [9.17, 15) is 5.11 Å². The molecule has 0 saturated heterocycles. The third kappa shape index (κ3) is 7.17. The lowest BCUT2D eigenvalue weighted by atomic mass is 9.73. The average molecular weight is 463 g/mol. The first kappa shape index (κ1) is 22.3. The van der Waals surface area contributed by atoms with Gasteiger partial charge in [0.2, 0.25) is 0 Å². The topological polar surface area (TPSA) is 69.8 Å². The Balaban J connectivity index is 0.00000312. The number of aliphatic imine (C=N–C) groups is 1. The van der Waals surface area contributed by atoms with E-state index >= 15 is 0 Å². The summed E-state index contributed by atoms with van der Waals surface area (Å²) >= 11 is 0. The van der Waals surface area contributed by atoms with Gasteiger partial charge in [0.25, 0.3) is 0 Å². The minimum atomic E-state index is -0.247. The molecule has 0 radical (unpaired) electrons. The SMILES string of the molecule is CCC(C)NC(=NCC1(C)CCCCC1O)NCCc1ccco1.I. The highest BCUT2D eigenvalue weighted by Crippen LogP contribution is 2.36. The van der Waals surface area contributed by atoms with E-state index in [1.807, 2.05) is 12.1 Å². The first-order valence-corrected chi connectivity index (χ1v) is 9.29. The van der Waals surface area contributed by atoms with Gasteiger partial charge in [0.1, 0.15) is 5.76 Å². The molecule has 1 saturated carbocycles. The lowest BCUT2D eigenvalue weighted by Gasteiger charge is -2.37. The third-order valence-corrected chi connectivity index (χ3v) is 5.12. The number of aliphatic hydroxyl groups excluding tert-OH is 1. The van der Waals surface area contributed by atoms with Gasteiger partial charge in [-0.1, -0.05) is 26.7 Å². The van der Waals surface area contributed by atoms with Crippen LogP contribution in [0.4, 0.5) is 0 Å². The van der Waals surface area contributed by atoms with Crippen LogP contribution in [0.15, 0.2) is 27.8 Å². The van der Waals surface area contributed by atoms with Crippen molar-refractivity contribution in [2.45, 2.75) is 71.4 Å². The first-order chi connectivity index (χ1) is 11.5. The molecule has 1 aromatic rings. The highest BCUT2D eigenvalue weighted by Gasteiger charge is 2.35. The Hall–Kier alpha value is -0.760. The summed E-state index contributed by atoms with van der Waals surface area (Å²) in [4.78, 5) is 4.78. The number of guanidine groups is 1. The van der Waals surface area contributed by atoms with Crippen LogP contribution in [0.1, 0.15) is 58.6 Å². The summed E-state index contributed by atoms with van der Waals surface area (Å²) in [7, 11) is 0. The van der Waals surface area contributed by atoms with E-state index in [1.165, 1.54) is 6.42 Å². The molecule has 6 heteroatoms. The van der Waals surface area contributed by atoms with Crippen molar-refractivity contribution in [3.63, 3.8) is 0 Å². The number of rotatable bonds is 7. The zero-order valence-corrected chi connectivity index (χ0v) is 18.1. The Morgan fingerprint density at radius 3 is 2.92 bits per heavy atom. The summed E-state index contributed by atoms with van der Waals surface area (Å²) in [6.45, 7) is 7.89. The second-order valence-electron chi connectivity index (χ2n) is 7.29. The molecular weight excluding hydrogens is 429 g/mol. The van der Waals surface area contributed by atoms with Crippen molar-refractivity contribution in [2.24, 2.45) is 10.4 Å². The summed E-state index contributed by atoms with van der Waals surface area (Å²) in [5.74, 6) is 1.80. The quantitative estimate of drug-likeness (QED) is 0.328. The van der Waals surface area contributed by atoms with Crippen LogP contribution in [-0.2, 0) is 6.42 Å². The van der Waals surface area contributed by atoms with Gasteiger partial charge >= 0.3 is 0 Å². The molecule has 3 unspecified atom stereocenters. The van der Waals surface area contributed by atoms with Gasteiger partial charge < -0.3 is 20.2 Å². The monoisotopic (exact) mass is 463 g/mol. The lowest BCUT2D eigenvalue weighted by Crippen LogP contribution is -2.44. The summed E-state index contributed by atoms with van der Waals surface area (Å²) in [5.41, 5.74) is -0.108. The molecule has 5 nitrogen and oxygen atoms in total. The maximum absolute atomic E-state index is 10.3. The van der Waals surface area contributed by atoms with Crippen molar-refractivity contribution in [3.05, 3.63) is 24.2 Å². The maximum atomic E-state index is 10.3. The van der Waals surface area contributed by atoms with Gasteiger partial charge in [-0.05, 0) is 38.3 Å². The highest BCUT2D eigenvalue weighted by atomic mass is 127. The Kier molecular flexibility index (Phi) is 9.86. The molecule has 0 aliphatic heterocycles. The van der Waals surface area contributed by atoms with Gasteiger partial charge in [-0.3, -0.25) is 4.99 Å². The smallest absolute Gasteiger partial charge is 0.191 e. The van der Waals surface area contributed by atoms with E-state index in [0.717, 1.165) is 50.4 Å². The second kappa shape index (κ2) is 11.1. The average Bonchev–Trinajstić information content (AvgIpc) is 3.08. The normalized spacial score (nSPS) is 25.1. The molecule has 1 aliphatic carbocycles. The largest absolute Gasteiger partial charge is 0.469 e. The van der Waals surface area contributed by atoms with Crippen molar-refractivity contribution in [2.75, 3.05) is 13.1 Å². The van der Waals surface area contributed by atoms with Crippen molar-refractivity contribution in [1.82, 2.24) is 10.6 Å². The molecule has 0 amide bonds. The van der Waals surface area contributed by atoms with Crippen LogP contribution in [0.5, 0.6) is 0 Å². The molecule has 3 atom stereocenters. The molecule has 144 valence electrons. The molecule has 1 heterocycles. The minimum absolute atomic E-state index is 0. The van der Waals surface area contributed by atoms with Gasteiger partial charge in [0, 0.05) is 24.4 Å². The van der Waals surface area contributed by atoms with Gasteiger partial charge in [0.05, 0.1) is 18.9 Å². The molecule has 1 fully saturated rings. The molecule has 0 aromatic carbocycles. The second-order valence-corrected chi connectivity index (χ2v) is 7.29. The Bertz CT molecular complexity index is 507. The van der Waals surface area contributed by atoms with Crippen LogP contribution >= 0.6 is 24.0 Å². The summed E-state index contributed by atoms with van der Waals surface area (Å²) in [6, 6.07) is 4.26. The molecule has 1 aromatic heterocycles. The number of nitrogens with one attached hydrogen (secondary N) is 2. The van der Waals surface area contributed by atoms with E-state index in [2.05, 4.69) is 31.4 Å². The first-order valence-electron chi connectivity index (χ1n) is 9.29. The number of nitrogens with zero attached hydrogens (tertiary/aromatic N) is 1. The lowest BCUT2D eigenvalue weighted by molar-refractivity contribution is 0.00715. The summed E-state index contributed by atoms with van der Waals surface area (Å²) in [6.07, 6.45) is 7.57. The predicted molar refractivity (Wildman–Crippen MR) is 114 cm³/mol. The van der Waals surface area contributed by atoms with Crippen LogP contribution in [0, 0.1) is 5.41 Å².